The summed E-state index contributed by atoms with van der Waals surface area (Å²) in [6, 6.07) is 12.5. The summed E-state index contributed by atoms with van der Waals surface area (Å²) in [6.45, 7) is 3.92. The zero-order chi connectivity index (χ0) is 21.3. The number of hydrogen-bond acceptors (Lipinski definition) is 4. The van der Waals surface area contributed by atoms with Crippen LogP contribution < -0.4 is 10.2 Å². The number of halogens is 3. The lowest BCUT2D eigenvalue weighted by atomic mass is 10.0. The standard InChI is InChI=1S/C22H20BrClFN3O2/c1-13-19(21(27-30-13)20-17(24)6-3-7-18(20)25)22(29)26-11-14-8-9-28(12-14)16-5-2-4-15(23)10-16/h2-7,10,14H,8-9,11-12H2,1H3,(H,26,29). The Morgan fingerprint density at radius 2 is 2.17 bits per heavy atom. The van der Waals surface area contributed by atoms with Crippen LogP contribution in [-0.2, 0) is 0 Å². The normalized spacial score (nSPS) is 16.1. The van der Waals surface area contributed by atoms with Crippen molar-refractivity contribution in [3.63, 3.8) is 0 Å². The van der Waals surface area contributed by atoms with E-state index in [-0.39, 0.29) is 27.8 Å². The van der Waals surface area contributed by atoms with Crippen LogP contribution in [0.4, 0.5) is 10.1 Å². The number of aromatic nitrogens is 1. The van der Waals surface area contributed by atoms with Gasteiger partial charge >= 0.3 is 0 Å². The molecule has 156 valence electrons. The molecule has 2 heterocycles. The first-order valence-electron chi connectivity index (χ1n) is 9.63. The molecule has 2 aromatic carbocycles. The van der Waals surface area contributed by atoms with Gasteiger partial charge in [-0.2, -0.15) is 0 Å². The minimum atomic E-state index is -0.551. The second kappa shape index (κ2) is 8.78. The molecule has 4 rings (SSSR count). The quantitative estimate of drug-likeness (QED) is 0.514. The van der Waals surface area contributed by atoms with Crippen molar-refractivity contribution in [2.24, 2.45) is 5.92 Å². The Balaban J connectivity index is 1.45. The predicted octanol–water partition coefficient (Wildman–Crippen LogP) is 5.46. The number of carbonyl (C=O) groups excluding carboxylic acids is 1. The average molecular weight is 493 g/mol. The first kappa shape index (κ1) is 20.9. The maximum atomic E-state index is 14.3. The van der Waals surface area contributed by atoms with Gasteiger partial charge in [0.1, 0.15) is 22.8 Å². The van der Waals surface area contributed by atoms with Gasteiger partial charge in [0.05, 0.1) is 10.6 Å². The Labute approximate surface area is 187 Å². The van der Waals surface area contributed by atoms with Gasteiger partial charge in [-0.3, -0.25) is 4.79 Å². The Hall–Kier alpha value is -2.38. The Kier molecular flexibility index (Phi) is 6.11. The number of rotatable bonds is 5. The lowest BCUT2D eigenvalue weighted by molar-refractivity contribution is 0.0947. The molecular formula is C22H20BrClFN3O2. The summed E-state index contributed by atoms with van der Waals surface area (Å²) in [5.41, 5.74) is 1.56. The van der Waals surface area contributed by atoms with Crippen LogP contribution in [0, 0.1) is 18.7 Å². The number of hydrogen-bond donors (Lipinski definition) is 1. The van der Waals surface area contributed by atoms with Gasteiger partial charge in [-0.1, -0.05) is 44.8 Å². The molecule has 1 unspecified atom stereocenters. The molecule has 8 heteroatoms. The molecule has 1 saturated heterocycles. The highest BCUT2D eigenvalue weighted by Gasteiger charge is 2.27. The second-order valence-electron chi connectivity index (χ2n) is 7.35. The van der Waals surface area contributed by atoms with Crippen molar-refractivity contribution in [3.8, 4) is 11.3 Å². The lowest BCUT2D eigenvalue weighted by Crippen LogP contribution is -2.31. The molecule has 1 amide bonds. The molecule has 1 aliphatic rings. The van der Waals surface area contributed by atoms with E-state index in [4.69, 9.17) is 16.1 Å². The van der Waals surface area contributed by atoms with Crippen molar-refractivity contribution in [3.05, 3.63) is 69.1 Å². The number of nitrogens with one attached hydrogen (secondary N) is 1. The summed E-state index contributed by atoms with van der Waals surface area (Å²) >= 11 is 9.66. The fourth-order valence-corrected chi connectivity index (χ4v) is 4.41. The van der Waals surface area contributed by atoms with Crippen molar-refractivity contribution in [1.82, 2.24) is 10.5 Å². The maximum Gasteiger partial charge on any atom is 0.257 e. The smallest absolute Gasteiger partial charge is 0.257 e. The Morgan fingerprint density at radius 3 is 2.93 bits per heavy atom. The number of anilines is 1. The van der Waals surface area contributed by atoms with Crippen LogP contribution in [0.1, 0.15) is 22.5 Å². The van der Waals surface area contributed by atoms with E-state index in [2.05, 4.69) is 43.4 Å². The third-order valence-corrected chi connectivity index (χ3v) is 6.11. The fourth-order valence-electron chi connectivity index (χ4n) is 3.77. The second-order valence-corrected chi connectivity index (χ2v) is 8.67. The van der Waals surface area contributed by atoms with E-state index in [0.29, 0.717) is 18.2 Å². The van der Waals surface area contributed by atoms with Gasteiger partial charge in [0.15, 0.2) is 0 Å². The van der Waals surface area contributed by atoms with E-state index in [1.54, 1.807) is 13.0 Å². The highest BCUT2D eigenvalue weighted by molar-refractivity contribution is 9.10. The SMILES string of the molecule is Cc1onc(-c2c(F)cccc2Cl)c1C(=O)NCC1CCN(c2cccc(Br)c2)C1. The zero-order valence-corrected chi connectivity index (χ0v) is 18.6. The lowest BCUT2D eigenvalue weighted by Gasteiger charge is -2.19. The van der Waals surface area contributed by atoms with Crippen LogP contribution in [0.5, 0.6) is 0 Å². The molecule has 30 heavy (non-hydrogen) atoms. The molecule has 0 bridgehead atoms. The van der Waals surface area contributed by atoms with E-state index in [1.165, 1.54) is 12.1 Å². The molecule has 1 aromatic heterocycles. The van der Waals surface area contributed by atoms with Crippen molar-refractivity contribution < 1.29 is 13.7 Å². The summed E-state index contributed by atoms with van der Waals surface area (Å²) < 4.78 is 20.6. The molecule has 1 aliphatic heterocycles. The topological polar surface area (TPSA) is 58.4 Å². The number of amides is 1. The molecule has 0 aliphatic carbocycles. The number of aryl methyl sites for hydroxylation is 1. The van der Waals surface area contributed by atoms with Crippen LogP contribution in [-0.4, -0.2) is 30.7 Å². The third kappa shape index (κ3) is 4.23. The summed E-state index contributed by atoms with van der Waals surface area (Å²) in [4.78, 5) is 15.2. The minimum absolute atomic E-state index is 0.0721. The van der Waals surface area contributed by atoms with Crippen molar-refractivity contribution in [1.29, 1.82) is 0 Å². The van der Waals surface area contributed by atoms with Crippen LogP contribution in [0.2, 0.25) is 5.02 Å². The first-order chi connectivity index (χ1) is 14.4. The molecular weight excluding hydrogens is 473 g/mol. The minimum Gasteiger partial charge on any atom is -0.371 e. The van der Waals surface area contributed by atoms with Gasteiger partial charge in [0, 0.05) is 29.8 Å². The average Bonchev–Trinajstić information content (AvgIpc) is 3.33. The third-order valence-electron chi connectivity index (χ3n) is 5.30. The number of carbonyl (C=O) groups is 1. The highest BCUT2D eigenvalue weighted by atomic mass is 79.9. The summed E-state index contributed by atoms with van der Waals surface area (Å²) in [5.74, 6) is -0.258. The van der Waals surface area contributed by atoms with E-state index in [9.17, 15) is 9.18 Å². The summed E-state index contributed by atoms with van der Waals surface area (Å²) in [6.07, 6.45) is 0.974. The van der Waals surface area contributed by atoms with Gasteiger partial charge in [-0.15, -0.1) is 0 Å². The first-order valence-corrected chi connectivity index (χ1v) is 10.8. The molecule has 1 N–H and O–H groups in total. The molecule has 0 radical (unpaired) electrons. The van der Waals surface area contributed by atoms with Crippen molar-refractivity contribution in [2.45, 2.75) is 13.3 Å². The van der Waals surface area contributed by atoms with E-state index < -0.39 is 5.82 Å². The van der Waals surface area contributed by atoms with Crippen molar-refractivity contribution >= 4 is 39.1 Å². The Morgan fingerprint density at radius 1 is 1.37 bits per heavy atom. The van der Waals surface area contributed by atoms with E-state index in [0.717, 1.165) is 29.7 Å². The monoisotopic (exact) mass is 491 g/mol. The summed E-state index contributed by atoms with van der Waals surface area (Å²) in [5, 5.41) is 7.03. The number of benzene rings is 2. The van der Waals surface area contributed by atoms with Gasteiger partial charge in [0.2, 0.25) is 0 Å². The molecule has 0 spiro atoms. The van der Waals surface area contributed by atoms with Crippen molar-refractivity contribution in [2.75, 3.05) is 24.5 Å². The van der Waals surface area contributed by atoms with Gasteiger partial charge in [-0.25, -0.2) is 4.39 Å². The summed E-state index contributed by atoms with van der Waals surface area (Å²) in [7, 11) is 0. The Bertz CT molecular complexity index is 1070. The van der Waals surface area contributed by atoms with Gasteiger partial charge in [0.25, 0.3) is 5.91 Å². The van der Waals surface area contributed by atoms with Crippen LogP contribution in [0.25, 0.3) is 11.3 Å². The van der Waals surface area contributed by atoms with Crippen LogP contribution in [0.3, 0.4) is 0 Å². The molecule has 0 saturated carbocycles. The molecule has 5 nitrogen and oxygen atoms in total. The van der Waals surface area contributed by atoms with Crippen LogP contribution >= 0.6 is 27.5 Å². The fraction of sp³-hybridized carbons (Fsp3) is 0.273. The highest BCUT2D eigenvalue weighted by Crippen LogP contribution is 2.33. The number of nitrogens with zero attached hydrogens (tertiary/aromatic N) is 2. The van der Waals surface area contributed by atoms with Gasteiger partial charge < -0.3 is 14.7 Å². The molecule has 1 fully saturated rings. The van der Waals surface area contributed by atoms with Crippen LogP contribution in [0.15, 0.2) is 51.5 Å². The molecule has 1 atom stereocenters. The van der Waals surface area contributed by atoms with Gasteiger partial charge in [-0.05, 0) is 49.6 Å². The van der Waals surface area contributed by atoms with E-state index in [1.807, 2.05) is 12.1 Å². The maximum absolute atomic E-state index is 14.3. The molecule has 3 aromatic rings. The predicted molar refractivity (Wildman–Crippen MR) is 118 cm³/mol. The zero-order valence-electron chi connectivity index (χ0n) is 16.3. The van der Waals surface area contributed by atoms with E-state index >= 15 is 0 Å². The largest absolute Gasteiger partial charge is 0.371 e.